The number of benzene rings is 1. The molecule has 0 aliphatic rings. The van der Waals surface area contributed by atoms with Crippen LogP contribution in [0.5, 0.6) is 0 Å². The SMILES string of the molecule is CC(C)(C)OC(=O)Nc1ccc(Cl)cc1CC(N)C(=O)O. The van der Waals surface area contributed by atoms with Crippen LogP contribution < -0.4 is 11.1 Å². The topological polar surface area (TPSA) is 102 Å². The molecule has 0 spiro atoms. The lowest BCUT2D eigenvalue weighted by Gasteiger charge is -2.20. The molecule has 1 amide bonds. The first-order chi connectivity index (χ1) is 9.58. The lowest BCUT2D eigenvalue weighted by atomic mass is 10.0. The number of carbonyl (C=O) groups is 2. The first kappa shape index (κ1) is 17.3. The van der Waals surface area contributed by atoms with Gasteiger partial charge in [0.1, 0.15) is 11.6 Å². The Kier molecular flexibility index (Phi) is 5.57. The maximum atomic E-state index is 11.8. The molecule has 0 radical (unpaired) electrons. The highest BCUT2D eigenvalue weighted by Gasteiger charge is 2.19. The Morgan fingerprint density at radius 2 is 2.05 bits per heavy atom. The number of rotatable bonds is 4. The molecule has 0 saturated carbocycles. The molecule has 0 aromatic heterocycles. The lowest BCUT2D eigenvalue weighted by Crippen LogP contribution is -2.33. The van der Waals surface area contributed by atoms with Gasteiger partial charge in [0.25, 0.3) is 0 Å². The Balaban J connectivity index is 2.91. The summed E-state index contributed by atoms with van der Waals surface area (Å²) in [5.74, 6) is -1.13. The molecular weight excluding hydrogens is 296 g/mol. The van der Waals surface area contributed by atoms with Gasteiger partial charge in [0.05, 0.1) is 0 Å². The minimum absolute atomic E-state index is 0.0427. The van der Waals surface area contributed by atoms with Crippen molar-refractivity contribution in [3.05, 3.63) is 28.8 Å². The van der Waals surface area contributed by atoms with Crippen LogP contribution in [0.1, 0.15) is 26.3 Å². The molecule has 1 aromatic carbocycles. The van der Waals surface area contributed by atoms with E-state index in [1.54, 1.807) is 39.0 Å². The van der Waals surface area contributed by atoms with Crippen molar-refractivity contribution < 1.29 is 19.4 Å². The fourth-order valence-corrected chi connectivity index (χ4v) is 1.79. The Bertz CT molecular complexity index is 540. The summed E-state index contributed by atoms with van der Waals surface area (Å²) < 4.78 is 5.15. The molecular formula is C14H19ClN2O4. The summed E-state index contributed by atoms with van der Waals surface area (Å²) in [6, 6.07) is 3.65. The predicted molar refractivity (Wildman–Crippen MR) is 80.6 cm³/mol. The molecule has 6 nitrogen and oxygen atoms in total. The van der Waals surface area contributed by atoms with E-state index >= 15 is 0 Å². The molecule has 0 heterocycles. The molecule has 0 aliphatic heterocycles. The average molecular weight is 315 g/mol. The molecule has 21 heavy (non-hydrogen) atoms. The standard InChI is InChI=1S/C14H19ClN2O4/c1-14(2,3)21-13(20)17-11-5-4-9(15)6-8(11)7-10(16)12(18)19/h4-6,10H,7,16H2,1-3H3,(H,17,20)(H,18,19). The van der Waals surface area contributed by atoms with Crippen LogP contribution in [0, 0.1) is 0 Å². The van der Waals surface area contributed by atoms with Gasteiger partial charge < -0.3 is 15.6 Å². The van der Waals surface area contributed by atoms with Crippen LogP contribution in [0.3, 0.4) is 0 Å². The molecule has 7 heteroatoms. The van der Waals surface area contributed by atoms with Crippen LogP contribution in [0.25, 0.3) is 0 Å². The number of anilines is 1. The zero-order chi connectivity index (χ0) is 16.2. The third-order valence-corrected chi connectivity index (χ3v) is 2.70. The van der Waals surface area contributed by atoms with Gasteiger partial charge in [-0.1, -0.05) is 11.6 Å². The van der Waals surface area contributed by atoms with Gasteiger partial charge in [-0.15, -0.1) is 0 Å². The van der Waals surface area contributed by atoms with Crippen LogP contribution in [-0.2, 0) is 16.0 Å². The van der Waals surface area contributed by atoms with Gasteiger partial charge in [0, 0.05) is 17.1 Å². The number of ether oxygens (including phenoxy) is 1. The van der Waals surface area contributed by atoms with Crippen molar-refractivity contribution in [3.8, 4) is 0 Å². The normalized spacial score (nSPS) is 12.6. The summed E-state index contributed by atoms with van der Waals surface area (Å²) >= 11 is 5.89. The quantitative estimate of drug-likeness (QED) is 0.793. The highest BCUT2D eigenvalue weighted by Crippen LogP contribution is 2.23. The number of carboxylic acid groups (broad SMARTS) is 1. The predicted octanol–water partition coefficient (Wildman–Crippen LogP) is 2.64. The number of carbonyl (C=O) groups excluding carboxylic acids is 1. The van der Waals surface area contributed by atoms with E-state index in [9.17, 15) is 9.59 Å². The Hall–Kier alpha value is -1.79. The molecule has 116 valence electrons. The molecule has 0 saturated heterocycles. The lowest BCUT2D eigenvalue weighted by molar-refractivity contribution is -0.138. The van der Waals surface area contributed by atoms with Crippen molar-refractivity contribution in [1.82, 2.24) is 0 Å². The van der Waals surface area contributed by atoms with Gasteiger partial charge >= 0.3 is 12.1 Å². The van der Waals surface area contributed by atoms with Crippen molar-refractivity contribution in [1.29, 1.82) is 0 Å². The highest BCUT2D eigenvalue weighted by molar-refractivity contribution is 6.30. The van der Waals surface area contributed by atoms with Crippen molar-refractivity contribution in [2.75, 3.05) is 5.32 Å². The number of aliphatic carboxylic acids is 1. The number of halogens is 1. The van der Waals surface area contributed by atoms with E-state index < -0.39 is 23.7 Å². The Labute approximate surface area is 128 Å². The van der Waals surface area contributed by atoms with Crippen molar-refractivity contribution in [2.45, 2.75) is 38.8 Å². The van der Waals surface area contributed by atoms with E-state index in [1.165, 1.54) is 0 Å². The molecule has 0 aliphatic carbocycles. The molecule has 0 bridgehead atoms. The van der Waals surface area contributed by atoms with Gasteiger partial charge in [0.15, 0.2) is 0 Å². The molecule has 1 atom stereocenters. The number of hydrogen-bond donors (Lipinski definition) is 3. The molecule has 4 N–H and O–H groups in total. The van der Waals surface area contributed by atoms with Crippen LogP contribution >= 0.6 is 11.6 Å². The third kappa shape index (κ3) is 6.01. The fraction of sp³-hybridized carbons (Fsp3) is 0.429. The van der Waals surface area contributed by atoms with E-state index in [-0.39, 0.29) is 6.42 Å². The second kappa shape index (κ2) is 6.78. The number of hydrogen-bond acceptors (Lipinski definition) is 4. The molecule has 1 aromatic rings. The van der Waals surface area contributed by atoms with E-state index in [4.69, 9.17) is 27.2 Å². The second-order valence-electron chi connectivity index (χ2n) is 5.58. The van der Waals surface area contributed by atoms with Gasteiger partial charge in [-0.05, 0) is 44.5 Å². The summed E-state index contributed by atoms with van der Waals surface area (Å²) in [6.45, 7) is 5.24. The number of amides is 1. The number of nitrogens with one attached hydrogen (secondary N) is 1. The van der Waals surface area contributed by atoms with Crippen molar-refractivity contribution in [3.63, 3.8) is 0 Å². The smallest absolute Gasteiger partial charge is 0.412 e. The summed E-state index contributed by atoms with van der Waals surface area (Å²) in [4.78, 5) is 22.6. The maximum Gasteiger partial charge on any atom is 0.412 e. The minimum atomic E-state index is -1.13. The van der Waals surface area contributed by atoms with E-state index in [0.29, 0.717) is 16.3 Å². The zero-order valence-corrected chi connectivity index (χ0v) is 12.9. The van der Waals surface area contributed by atoms with Gasteiger partial charge in [0.2, 0.25) is 0 Å². The van der Waals surface area contributed by atoms with Crippen LogP contribution in [-0.4, -0.2) is 28.8 Å². The molecule has 1 rings (SSSR count). The summed E-state index contributed by atoms with van der Waals surface area (Å²) in [6.07, 6.45) is -0.587. The van der Waals surface area contributed by atoms with Gasteiger partial charge in [-0.3, -0.25) is 10.1 Å². The number of carboxylic acids is 1. The van der Waals surface area contributed by atoms with Crippen molar-refractivity contribution in [2.24, 2.45) is 5.73 Å². The maximum absolute atomic E-state index is 11.8. The van der Waals surface area contributed by atoms with Crippen molar-refractivity contribution >= 4 is 29.4 Å². The summed E-state index contributed by atoms with van der Waals surface area (Å²) in [5, 5.41) is 11.9. The second-order valence-corrected chi connectivity index (χ2v) is 6.01. The first-order valence-corrected chi connectivity index (χ1v) is 6.73. The average Bonchev–Trinajstić information content (AvgIpc) is 2.30. The van der Waals surface area contributed by atoms with E-state index in [0.717, 1.165) is 0 Å². The largest absolute Gasteiger partial charge is 0.480 e. The summed E-state index contributed by atoms with van der Waals surface area (Å²) in [7, 11) is 0. The van der Waals surface area contributed by atoms with E-state index in [2.05, 4.69) is 5.32 Å². The monoisotopic (exact) mass is 314 g/mol. The number of nitrogens with two attached hydrogens (primary N) is 1. The van der Waals surface area contributed by atoms with E-state index in [1.807, 2.05) is 0 Å². The van der Waals surface area contributed by atoms with Crippen LogP contribution in [0.2, 0.25) is 5.02 Å². The fourth-order valence-electron chi connectivity index (χ4n) is 1.59. The zero-order valence-electron chi connectivity index (χ0n) is 12.1. The Morgan fingerprint density at radius 1 is 1.43 bits per heavy atom. The van der Waals surface area contributed by atoms with Gasteiger partial charge in [-0.25, -0.2) is 4.79 Å². The minimum Gasteiger partial charge on any atom is -0.480 e. The van der Waals surface area contributed by atoms with Gasteiger partial charge in [-0.2, -0.15) is 0 Å². The first-order valence-electron chi connectivity index (χ1n) is 6.35. The third-order valence-electron chi connectivity index (χ3n) is 2.46. The van der Waals surface area contributed by atoms with Crippen LogP contribution in [0.4, 0.5) is 10.5 Å². The summed E-state index contributed by atoms with van der Waals surface area (Å²) in [5.41, 5.74) is 5.84. The van der Waals surface area contributed by atoms with Crippen LogP contribution in [0.15, 0.2) is 18.2 Å². The highest BCUT2D eigenvalue weighted by atomic mass is 35.5. The molecule has 0 fully saturated rings. The molecule has 1 unspecified atom stereocenters. The Morgan fingerprint density at radius 3 is 2.57 bits per heavy atom.